The molecule has 0 radical (unpaired) electrons. The molecule has 2 atom stereocenters. The number of carbonyl (C=O) groups is 2. The van der Waals surface area contributed by atoms with E-state index in [0.29, 0.717) is 48.4 Å². The van der Waals surface area contributed by atoms with Gasteiger partial charge < -0.3 is 25.2 Å². The minimum Gasteiger partial charge on any atom is -0.480 e. The molecule has 198 valence electrons. The number of fused-ring (bicyclic) bond motifs is 3. The van der Waals surface area contributed by atoms with E-state index in [1.165, 1.54) is 0 Å². The van der Waals surface area contributed by atoms with Crippen LogP contribution in [-0.2, 0) is 19.1 Å². The summed E-state index contributed by atoms with van der Waals surface area (Å²) in [6.45, 7) is -0.234. The third-order valence-electron chi connectivity index (χ3n) is 7.77. The number of ether oxygens (including phenoxy) is 3. The fraction of sp³-hybridized carbons (Fsp3) is 0.667. The third-order valence-corrected chi connectivity index (χ3v) is 8.00. The summed E-state index contributed by atoms with van der Waals surface area (Å²) in [6, 6.07) is 4.91. The normalized spacial score (nSPS) is 34.9. The lowest BCUT2D eigenvalue weighted by molar-refractivity contribution is -0.357. The molecular formula is C24H28ClF3N2O6. The quantitative estimate of drug-likeness (QED) is 0.497. The molecule has 1 aromatic carbocycles. The number of hydrogen-bond acceptors (Lipinski definition) is 6. The van der Waals surface area contributed by atoms with Gasteiger partial charge in [0.05, 0.1) is 18.3 Å². The molecule has 0 aromatic heterocycles. The smallest absolute Gasteiger partial charge is 0.480 e. The van der Waals surface area contributed by atoms with Crippen molar-refractivity contribution in [2.24, 2.45) is 0 Å². The molecule has 3 aliphatic carbocycles. The van der Waals surface area contributed by atoms with E-state index in [-0.39, 0.29) is 37.7 Å². The highest BCUT2D eigenvalue weighted by molar-refractivity contribution is 6.30. The van der Waals surface area contributed by atoms with Crippen LogP contribution < -0.4 is 15.4 Å². The van der Waals surface area contributed by atoms with Crippen LogP contribution in [0.15, 0.2) is 18.2 Å². The SMILES string of the molecule is O=C(COC1CC(OC(F)(F)F)C1)NC12CCC(NC(=O)C3CC(O)c4cc(Cl)ccc4O3)(CC1)C2. The van der Waals surface area contributed by atoms with E-state index in [1.807, 2.05) is 0 Å². The molecule has 3 saturated carbocycles. The molecule has 1 aromatic rings. The van der Waals surface area contributed by atoms with Crippen LogP contribution in [0, 0.1) is 0 Å². The van der Waals surface area contributed by atoms with Crippen molar-refractivity contribution in [2.75, 3.05) is 6.61 Å². The largest absolute Gasteiger partial charge is 0.522 e. The summed E-state index contributed by atoms with van der Waals surface area (Å²) < 4.78 is 51.8. The standard InChI is InChI=1S/C24H28ClF3N2O6/c25-13-1-2-18-16(7-13)17(31)10-19(35-18)21(33)30-23-5-3-22(12-23,4-6-23)29-20(32)11-34-14-8-15(9-14)36-24(26,27)28/h1-2,7,14-15,17,19,31H,3-6,8-12H2,(H,29,32)(H,30,33). The number of alkyl halides is 3. The van der Waals surface area contributed by atoms with Crippen LogP contribution in [0.1, 0.15) is 63.0 Å². The third kappa shape index (κ3) is 5.44. The molecule has 2 unspecified atom stereocenters. The van der Waals surface area contributed by atoms with E-state index in [2.05, 4.69) is 15.4 Å². The minimum atomic E-state index is -4.67. The summed E-state index contributed by atoms with van der Waals surface area (Å²) in [5, 5.41) is 17.1. The molecule has 0 spiro atoms. The van der Waals surface area contributed by atoms with Crippen molar-refractivity contribution in [1.29, 1.82) is 0 Å². The summed E-state index contributed by atoms with van der Waals surface area (Å²) in [4.78, 5) is 25.5. The number of aliphatic hydroxyl groups is 1. The lowest BCUT2D eigenvalue weighted by Crippen LogP contribution is -2.51. The van der Waals surface area contributed by atoms with Crippen LogP contribution in [0.25, 0.3) is 0 Å². The molecule has 2 bridgehead atoms. The zero-order valence-corrected chi connectivity index (χ0v) is 20.2. The second kappa shape index (κ2) is 9.34. The molecule has 8 nitrogen and oxygen atoms in total. The fourth-order valence-corrected chi connectivity index (χ4v) is 6.11. The first-order valence-corrected chi connectivity index (χ1v) is 12.4. The van der Waals surface area contributed by atoms with Gasteiger partial charge in [0, 0.05) is 40.9 Å². The highest BCUT2D eigenvalue weighted by Crippen LogP contribution is 2.51. The van der Waals surface area contributed by atoms with Gasteiger partial charge >= 0.3 is 6.36 Å². The summed E-state index contributed by atoms with van der Waals surface area (Å²) in [6.07, 6.45) is -4.06. The van der Waals surface area contributed by atoms with Gasteiger partial charge in [0.1, 0.15) is 12.4 Å². The Bertz CT molecular complexity index is 1020. The van der Waals surface area contributed by atoms with Crippen LogP contribution in [0.2, 0.25) is 5.02 Å². The van der Waals surface area contributed by atoms with Crippen molar-refractivity contribution in [2.45, 2.75) is 93.2 Å². The number of amides is 2. The molecule has 36 heavy (non-hydrogen) atoms. The van der Waals surface area contributed by atoms with Gasteiger partial charge in [-0.1, -0.05) is 11.6 Å². The average molecular weight is 533 g/mol. The van der Waals surface area contributed by atoms with E-state index in [9.17, 15) is 27.9 Å². The van der Waals surface area contributed by atoms with E-state index >= 15 is 0 Å². The van der Waals surface area contributed by atoms with Gasteiger partial charge in [-0.15, -0.1) is 13.2 Å². The summed E-state index contributed by atoms with van der Waals surface area (Å²) in [5.41, 5.74) is -0.359. The van der Waals surface area contributed by atoms with Crippen LogP contribution in [0.3, 0.4) is 0 Å². The molecule has 0 saturated heterocycles. The monoisotopic (exact) mass is 532 g/mol. The molecule has 12 heteroatoms. The summed E-state index contributed by atoms with van der Waals surface area (Å²) in [5.74, 6) is -0.200. The number of nitrogens with one attached hydrogen (secondary N) is 2. The predicted octanol–water partition coefficient (Wildman–Crippen LogP) is 3.30. The number of rotatable bonds is 7. The Morgan fingerprint density at radius 2 is 1.75 bits per heavy atom. The van der Waals surface area contributed by atoms with E-state index in [1.54, 1.807) is 18.2 Å². The van der Waals surface area contributed by atoms with Gasteiger partial charge in [-0.2, -0.15) is 0 Å². The van der Waals surface area contributed by atoms with Crippen LogP contribution in [0.4, 0.5) is 13.2 Å². The van der Waals surface area contributed by atoms with Crippen LogP contribution >= 0.6 is 11.6 Å². The lowest BCUT2D eigenvalue weighted by Gasteiger charge is -2.35. The maximum absolute atomic E-state index is 13.1. The number of halogens is 4. The molecule has 2 amide bonds. The molecular weight excluding hydrogens is 505 g/mol. The zero-order valence-electron chi connectivity index (χ0n) is 19.4. The number of carbonyl (C=O) groups excluding carboxylic acids is 2. The maximum Gasteiger partial charge on any atom is 0.522 e. The Morgan fingerprint density at radius 1 is 1.08 bits per heavy atom. The lowest BCUT2D eigenvalue weighted by atomic mass is 9.90. The zero-order chi connectivity index (χ0) is 25.7. The summed E-state index contributed by atoms with van der Waals surface area (Å²) in [7, 11) is 0. The Morgan fingerprint density at radius 3 is 2.42 bits per heavy atom. The van der Waals surface area contributed by atoms with Crippen LogP contribution in [-0.4, -0.2) is 59.3 Å². The van der Waals surface area contributed by atoms with Gasteiger partial charge in [-0.25, -0.2) is 0 Å². The second-order valence-corrected chi connectivity index (χ2v) is 10.8. The fourth-order valence-electron chi connectivity index (χ4n) is 5.93. The molecule has 1 aliphatic heterocycles. The molecule has 5 rings (SSSR count). The summed E-state index contributed by atoms with van der Waals surface area (Å²) >= 11 is 5.99. The molecule has 1 heterocycles. The maximum atomic E-state index is 13.1. The van der Waals surface area contributed by atoms with Gasteiger partial charge in [0.2, 0.25) is 5.91 Å². The van der Waals surface area contributed by atoms with Crippen molar-refractivity contribution >= 4 is 23.4 Å². The first kappa shape index (κ1) is 25.6. The van der Waals surface area contributed by atoms with Crippen molar-refractivity contribution in [3.63, 3.8) is 0 Å². The first-order valence-electron chi connectivity index (χ1n) is 12.1. The Labute approximate surface area is 210 Å². The average Bonchev–Trinajstić information content (AvgIpc) is 3.29. The Kier molecular flexibility index (Phi) is 6.63. The van der Waals surface area contributed by atoms with Crippen LogP contribution in [0.5, 0.6) is 5.75 Å². The molecule has 3 N–H and O–H groups in total. The Balaban J connectivity index is 1.09. The van der Waals surface area contributed by atoms with E-state index in [4.69, 9.17) is 21.1 Å². The highest BCUT2D eigenvalue weighted by Gasteiger charge is 2.56. The number of aliphatic hydroxyl groups excluding tert-OH is 1. The number of benzene rings is 1. The van der Waals surface area contributed by atoms with Crippen molar-refractivity contribution < 1.29 is 42.1 Å². The van der Waals surface area contributed by atoms with Crippen molar-refractivity contribution in [1.82, 2.24) is 10.6 Å². The topological polar surface area (TPSA) is 106 Å². The van der Waals surface area contributed by atoms with E-state index < -0.39 is 41.9 Å². The van der Waals surface area contributed by atoms with Crippen molar-refractivity contribution in [3.8, 4) is 5.75 Å². The van der Waals surface area contributed by atoms with E-state index in [0.717, 1.165) is 0 Å². The first-order chi connectivity index (χ1) is 16.9. The van der Waals surface area contributed by atoms with Gasteiger partial charge in [-0.05, 0) is 50.3 Å². The minimum absolute atomic E-state index is 0.0997. The number of hydrogen-bond donors (Lipinski definition) is 3. The molecule has 3 fully saturated rings. The van der Waals surface area contributed by atoms with Gasteiger partial charge in [0.15, 0.2) is 6.10 Å². The predicted molar refractivity (Wildman–Crippen MR) is 120 cm³/mol. The highest BCUT2D eigenvalue weighted by atomic mass is 35.5. The van der Waals surface area contributed by atoms with Gasteiger partial charge in [-0.3, -0.25) is 14.3 Å². The van der Waals surface area contributed by atoms with Gasteiger partial charge in [0.25, 0.3) is 5.91 Å². The molecule has 4 aliphatic rings. The van der Waals surface area contributed by atoms with Crippen molar-refractivity contribution in [3.05, 3.63) is 28.8 Å². The second-order valence-electron chi connectivity index (χ2n) is 10.4. The Hall–Kier alpha value is -2.08.